The van der Waals surface area contributed by atoms with Crippen LogP contribution < -0.4 is 9.47 Å². The summed E-state index contributed by atoms with van der Waals surface area (Å²) in [6.07, 6.45) is 14.1. The molecule has 0 atom stereocenters. The highest BCUT2D eigenvalue weighted by atomic mass is 16.6. The van der Waals surface area contributed by atoms with Crippen LogP contribution in [0.15, 0.2) is 47.8 Å². The Labute approximate surface area is 199 Å². The number of hydrogen-bond donors (Lipinski definition) is 0. The first kappa shape index (κ1) is 26.4. The molecule has 0 radical (unpaired) electrons. The number of ether oxygens (including phenoxy) is 2. The van der Waals surface area contributed by atoms with E-state index in [4.69, 9.17) is 14.3 Å². The lowest BCUT2D eigenvalue weighted by Gasteiger charge is -2.14. The van der Waals surface area contributed by atoms with Crippen molar-refractivity contribution in [3.05, 3.63) is 65.0 Å². The third kappa shape index (κ3) is 9.68. The average Bonchev–Trinajstić information content (AvgIpc) is 2.80. The smallest absolute Gasteiger partial charge is 0.125 e. The van der Waals surface area contributed by atoms with Crippen molar-refractivity contribution in [1.29, 1.82) is 0 Å². The number of aryl methyl sites for hydroxylation is 3. The molecule has 0 bridgehead atoms. The summed E-state index contributed by atoms with van der Waals surface area (Å²) in [5.74, 6) is 1.90. The van der Waals surface area contributed by atoms with Crippen LogP contribution in [0, 0.1) is 13.8 Å². The lowest BCUT2D eigenvalue weighted by molar-refractivity contribution is 0.213. The van der Waals surface area contributed by atoms with E-state index in [0.717, 1.165) is 59.0 Å². The van der Waals surface area contributed by atoms with Crippen molar-refractivity contribution in [2.45, 2.75) is 72.6 Å². The van der Waals surface area contributed by atoms with E-state index in [1.165, 1.54) is 32.1 Å². The maximum absolute atomic E-state index is 6.08. The Balaban J connectivity index is 1.58. The molecule has 180 valence electrons. The minimum absolute atomic E-state index is 0.599. The lowest BCUT2D eigenvalue weighted by Crippen LogP contribution is -2.02. The molecule has 33 heavy (non-hydrogen) atoms. The van der Waals surface area contributed by atoms with Gasteiger partial charge in [0, 0.05) is 17.5 Å². The Morgan fingerprint density at radius 3 is 2.30 bits per heavy atom. The summed E-state index contributed by atoms with van der Waals surface area (Å²) in [5.41, 5.74) is 5.25. The van der Waals surface area contributed by atoms with E-state index in [2.05, 4.69) is 48.3 Å². The molecule has 0 fully saturated rings. The predicted molar refractivity (Wildman–Crippen MR) is 137 cm³/mol. The van der Waals surface area contributed by atoms with Gasteiger partial charge in [-0.15, -0.1) is 0 Å². The van der Waals surface area contributed by atoms with Crippen molar-refractivity contribution >= 4 is 5.71 Å². The third-order valence-electron chi connectivity index (χ3n) is 5.56. The Morgan fingerprint density at radius 2 is 1.67 bits per heavy atom. The van der Waals surface area contributed by atoms with Crippen LogP contribution in [0.4, 0.5) is 0 Å². The van der Waals surface area contributed by atoms with Gasteiger partial charge >= 0.3 is 0 Å². The molecule has 1 heterocycles. The molecule has 5 heteroatoms. The maximum atomic E-state index is 6.08. The van der Waals surface area contributed by atoms with Crippen LogP contribution in [0.1, 0.15) is 74.8 Å². The average molecular weight is 453 g/mol. The van der Waals surface area contributed by atoms with Crippen LogP contribution >= 0.6 is 0 Å². The molecular weight excluding hydrogens is 412 g/mol. The maximum Gasteiger partial charge on any atom is 0.125 e. The lowest BCUT2D eigenvalue weighted by atomic mass is 10.1. The van der Waals surface area contributed by atoms with Crippen LogP contribution in [0.25, 0.3) is 0 Å². The van der Waals surface area contributed by atoms with Gasteiger partial charge in [0.15, 0.2) is 0 Å². The molecule has 1 aromatic carbocycles. The first-order valence-corrected chi connectivity index (χ1v) is 12.1. The highest BCUT2D eigenvalue weighted by Crippen LogP contribution is 2.28. The zero-order valence-electron chi connectivity index (χ0n) is 21.0. The highest BCUT2D eigenvalue weighted by Gasteiger charge is 2.07. The number of hydrogen-bond acceptors (Lipinski definition) is 5. The first-order valence-electron chi connectivity index (χ1n) is 12.1. The molecule has 0 aliphatic rings. The number of allylic oxidation sites excluding steroid dienone is 1. The fourth-order valence-electron chi connectivity index (χ4n) is 3.73. The Bertz CT molecular complexity index is 866. The summed E-state index contributed by atoms with van der Waals surface area (Å²) in [6, 6.07) is 8.27. The molecule has 2 aromatic rings. The van der Waals surface area contributed by atoms with Gasteiger partial charge in [-0.3, -0.25) is 4.98 Å². The summed E-state index contributed by atoms with van der Waals surface area (Å²) in [6.45, 7) is 9.45. The first-order chi connectivity index (χ1) is 16.0. The molecule has 0 saturated carbocycles. The highest BCUT2D eigenvalue weighted by molar-refractivity contribution is 5.97. The van der Waals surface area contributed by atoms with E-state index in [9.17, 15) is 0 Å². The van der Waals surface area contributed by atoms with Gasteiger partial charge in [0.25, 0.3) is 0 Å². The van der Waals surface area contributed by atoms with Crippen LogP contribution in [-0.4, -0.2) is 31.0 Å². The largest absolute Gasteiger partial charge is 0.493 e. The van der Waals surface area contributed by atoms with E-state index >= 15 is 0 Å². The Kier molecular flexibility index (Phi) is 12.1. The molecule has 0 aliphatic carbocycles. The van der Waals surface area contributed by atoms with Gasteiger partial charge in [-0.25, -0.2) is 0 Å². The van der Waals surface area contributed by atoms with E-state index in [0.29, 0.717) is 6.61 Å². The summed E-state index contributed by atoms with van der Waals surface area (Å²) in [7, 11) is 1.56. The second-order valence-corrected chi connectivity index (χ2v) is 8.38. The molecule has 5 nitrogen and oxygen atoms in total. The normalized spacial score (nSPS) is 11.7. The minimum atomic E-state index is 0.599. The van der Waals surface area contributed by atoms with Crippen molar-refractivity contribution in [2.24, 2.45) is 5.16 Å². The Hall–Kier alpha value is -2.82. The van der Waals surface area contributed by atoms with Gasteiger partial charge in [0.2, 0.25) is 0 Å². The fraction of sp³-hybridized carbons (Fsp3) is 0.500. The standard InChI is InChI=1S/C28H40N2O3/c1-6-7-17-32-27-19-22(2)28(23(3)20-27)33-18-13-11-9-8-10-12-14-26-16-15-25(21-29-26)24(4)30-31-5/h6-7,15-16,19-21H,8-14,17-18H2,1-5H3/b7-6+,30-24+. The molecule has 0 aliphatic heterocycles. The zero-order valence-corrected chi connectivity index (χ0v) is 21.0. The number of rotatable bonds is 15. The van der Waals surface area contributed by atoms with Crippen molar-refractivity contribution in [3.63, 3.8) is 0 Å². The molecule has 0 saturated heterocycles. The Morgan fingerprint density at radius 1 is 0.970 bits per heavy atom. The van der Waals surface area contributed by atoms with Gasteiger partial charge < -0.3 is 14.3 Å². The van der Waals surface area contributed by atoms with E-state index in [-0.39, 0.29) is 0 Å². The summed E-state index contributed by atoms with van der Waals surface area (Å²) >= 11 is 0. The zero-order chi connectivity index (χ0) is 23.9. The molecule has 0 amide bonds. The number of nitrogens with zero attached hydrogens (tertiary/aromatic N) is 2. The number of aromatic nitrogens is 1. The molecule has 0 spiro atoms. The minimum Gasteiger partial charge on any atom is -0.493 e. The van der Waals surface area contributed by atoms with Crippen LogP contribution in [0.5, 0.6) is 11.5 Å². The van der Waals surface area contributed by atoms with Gasteiger partial charge in [-0.2, -0.15) is 0 Å². The number of pyridine rings is 1. The quantitative estimate of drug-likeness (QED) is 0.126. The van der Waals surface area contributed by atoms with Gasteiger partial charge in [-0.05, 0) is 82.3 Å². The number of unbranched alkanes of at least 4 members (excludes halogenated alkanes) is 5. The van der Waals surface area contributed by atoms with Crippen molar-refractivity contribution in [2.75, 3.05) is 20.3 Å². The van der Waals surface area contributed by atoms with Crippen LogP contribution in [-0.2, 0) is 11.3 Å². The van der Waals surface area contributed by atoms with E-state index in [1.807, 2.05) is 32.2 Å². The van der Waals surface area contributed by atoms with Crippen molar-refractivity contribution in [1.82, 2.24) is 4.98 Å². The van der Waals surface area contributed by atoms with E-state index in [1.54, 1.807) is 7.11 Å². The molecule has 0 N–H and O–H groups in total. The van der Waals surface area contributed by atoms with Gasteiger partial charge in [0.05, 0.1) is 12.3 Å². The number of oxime groups is 1. The summed E-state index contributed by atoms with van der Waals surface area (Å²) < 4.78 is 11.8. The molecular formula is C28H40N2O3. The van der Waals surface area contributed by atoms with Crippen molar-refractivity contribution < 1.29 is 14.3 Å². The summed E-state index contributed by atoms with van der Waals surface area (Å²) in [5, 5.41) is 3.94. The second-order valence-electron chi connectivity index (χ2n) is 8.38. The van der Waals surface area contributed by atoms with Crippen LogP contribution in [0.3, 0.4) is 0 Å². The molecule has 1 aromatic heterocycles. The molecule has 2 rings (SSSR count). The molecule has 0 unspecified atom stereocenters. The van der Waals surface area contributed by atoms with Gasteiger partial charge in [-0.1, -0.05) is 43.0 Å². The number of benzene rings is 1. The third-order valence-corrected chi connectivity index (χ3v) is 5.56. The van der Waals surface area contributed by atoms with Crippen LogP contribution in [0.2, 0.25) is 0 Å². The SMILES string of the molecule is C/C=C/COc1cc(C)c(OCCCCCCCCc2ccc(/C(C)=N/OC)cn2)c(C)c1. The summed E-state index contributed by atoms with van der Waals surface area (Å²) in [4.78, 5) is 9.36. The predicted octanol–water partition coefficient (Wildman–Crippen LogP) is 6.99. The van der Waals surface area contributed by atoms with Crippen molar-refractivity contribution in [3.8, 4) is 11.5 Å². The van der Waals surface area contributed by atoms with E-state index < -0.39 is 0 Å². The second kappa shape index (κ2) is 15.1. The topological polar surface area (TPSA) is 52.9 Å². The van der Waals surface area contributed by atoms with Gasteiger partial charge in [0.1, 0.15) is 25.2 Å². The fourth-order valence-corrected chi connectivity index (χ4v) is 3.73. The monoisotopic (exact) mass is 452 g/mol.